The molecular weight excluding hydrogens is 547 g/mol. The SMILES string of the molecule is COc1ncnc(C2CC2)c1-c1nn(C(F)F)c2c1CN(c1ccc(-c3nc(C(F)(F)F)cn3C(C)C)cn1)CC2. The number of fused-ring (bicyclic) bond motifs is 1. The van der Waals surface area contributed by atoms with Gasteiger partial charge in [-0.2, -0.15) is 27.1 Å². The molecule has 1 aliphatic heterocycles. The summed E-state index contributed by atoms with van der Waals surface area (Å²) >= 11 is 0. The molecule has 1 fully saturated rings. The van der Waals surface area contributed by atoms with Gasteiger partial charge in [0.1, 0.15) is 23.7 Å². The fourth-order valence-corrected chi connectivity index (χ4v) is 5.27. The first kappa shape index (κ1) is 27.1. The summed E-state index contributed by atoms with van der Waals surface area (Å²) in [5.41, 5.74) is 2.12. The number of imidazole rings is 1. The van der Waals surface area contributed by atoms with Crippen LogP contribution in [0.3, 0.4) is 0 Å². The second-order valence-electron chi connectivity index (χ2n) is 10.4. The zero-order valence-electron chi connectivity index (χ0n) is 22.5. The van der Waals surface area contributed by atoms with Gasteiger partial charge in [-0.25, -0.2) is 24.6 Å². The van der Waals surface area contributed by atoms with Gasteiger partial charge in [0, 0.05) is 55.0 Å². The second-order valence-corrected chi connectivity index (χ2v) is 10.4. The van der Waals surface area contributed by atoms with E-state index < -0.39 is 18.4 Å². The predicted molar refractivity (Wildman–Crippen MR) is 139 cm³/mol. The molecule has 0 unspecified atom stereocenters. The van der Waals surface area contributed by atoms with E-state index in [9.17, 15) is 22.0 Å². The molecule has 216 valence electrons. The third-order valence-corrected chi connectivity index (χ3v) is 7.42. The smallest absolute Gasteiger partial charge is 0.434 e. The van der Waals surface area contributed by atoms with E-state index in [2.05, 4.69) is 25.0 Å². The van der Waals surface area contributed by atoms with Crippen molar-refractivity contribution in [3.63, 3.8) is 0 Å². The first-order valence-electron chi connectivity index (χ1n) is 13.2. The quantitative estimate of drug-likeness (QED) is 0.249. The number of alkyl halides is 5. The van der Waals surface area contributed by atoms with Crippen molar-refractivity contribution in [2.45, 2.75) is 64.3 Å². The van der Waals surface area contributed by atoms with E-state index in [0.29, 0.717) is 40.4 Å². The van der Waals surface area contributed by atoms with Crippen molar-refractivity contribution in [2.24, 2.45) is 0 Å². The average molecular weight is 575 g/mol. The maximum atomic E-state index is 14.1. The Morgan fingerprint density at radius 3 is 2.46 bits per heavy atom. The van der Waals surface area contributed by atoms with Gasteiger partial charge in [0.25, 0.3) is 0 Å². The first-order valence-corrected chi connectivity index (χ1v) is 13.2. The first-order chi connectivity index (χ1) is 19.6. The highest BCUT2D eigenvalue weighted by Gasteiger charge is 2.37. The van der Waals surface area contributed by atoms with Crippen molar-refractivity contribution in [2.75, 3.05) is 18.6 Å². The maximum Gasteiger partial charge on any atom is 0.434 e. The number of halogens is 5. The Bertz CT molecular complexity index is 1570. The highest BCUT2D eigenvalue weighted by atomic mass is 19.4. The number of hydrogen-bond acceptors (Lipinski definition) is 7. The molecule has 9 nitrogen and oxygen atoms in total. The molecule has 0 N–H and O–H groups in total. The molecule has 1 saturated carbocycles. The molecule has 1 aliphatic carbocycles. The number of nitrogens with zero attached hydrogens (tertiary/aromatic N) is 8. The molecule has 0 amide bonds. The zero-order chi connectivity index (χ0) is 29.1. The summed E-state index contributed by atoms with van der Waals surface area (Å²) < 4.78 is 75.9. The lowest BCUT2D eigenvalue weighted by molar-refractivity contribution is -0.140. The Balaban J connectivity index is 1.36. The van der Waals surface area contributed by atoms with Crippen LogP contribution >= 0.6 is 0 Å². The Hall–Kier alpha value is -4.10. The summed E-state index contributed by atoms with van der Waals surface area (Å²) in [6.07, 6.45) is 1.48. The molecule has 4 aromatic rings. The molecule has 0 radical (unpaired) electrons. The number of methoxy groups -OCH3 is 1. The van der Waals surface area contributed by atoms with Crippen LogP contribution in [0.5, 0.6) is 5.88 Å². The van der Waals surface area contributed by atoms with Crippen LogP contribution < -0.4 is 9.64 Å². The minimum Gasteiger partial charge on any atom is -0.480 e. The van der Waals surface area contributed by atoms with Crippen molar-refractivity contribution < 1.29 is 26.7 Å². The largest absolute Gasteiger partial charge is 0.480 e. The maximum absolute atomic E-state index is 14.1. The van der Waals surface area contributed by atoms with E-state index in [-0.39, 0.29) is 36.6 Å². The lowest BCUT2D eigenvalue weighted by Crippen LogP contribution is -2.32. The summed E-state index contributed by atoms with van der Waals surface area (Å²) in [4.78, 5) is 19.0. The monoisotopic (exact) mass is 574 g/mol. The van der Waals surface area contributed by atoms with Crippen molar-refractivity contribution in [3.05, 3.63) is 53.5 Å². The number of anilines is 1. The van der Waals surface area contributed by atoms with Crippen molar-refractivity contribution in [1.29, 1.82) is 0 Å². The minimum absolute atomic E-state index is 0.163. The average Bonchev–Trinajstić information content (AvgIpc) is 3.56. The van der Waals surface area contributed by atoms with Gasteiger partial charge >= 0.3 is 12.7 Å². The normalized spacial score (nSPS) is 15.6. The van der Waals surface area contributed by atoms with Gasteiger partial charge in [-0.15, -0.1) is 0 Å². The van der Waals surface area contributed by atoms with Crippen LogP contribution in [-0.2, 0) is 19.1 Å². The van der Waals surface area contributed by atoms with E-state index in [1.54, 1.807) is 26.0 Å². The number of aromatic nitrogens is 7. The molecule has 41 heavy (non-hydrogen) atoms. The van der Waals surface area contributed by atoms with Gasteiger partial charge < -0.3 is 14.2 Å². The number of ether oxygens (including phenoxy) is 1. The fourth-order valence-electron chi connectivity index (χ4n) is 5.27. The summed E-state index contributed by atoms with van der Waals surface area (Å²) in [5, 5.41) is 4.33. The van der Waals surface area contributed by atoms with Crippen LogP contribution in [0.15, 0.2) is 30.9 Å². The van der Waals surface area contributed by atoms with Crippen LogP contribution in [0.25, 0.3) is 22.6 Å². The molecule has 6 rings (SSSR count). The topological polar surface area (TPSA) is 86.8 Å². The van der Waals surface area contributed by atoms with Gasteiger partial charge in [-0.05, 0) is 38.8 Å². The van der Waals surface area contributed by atoms with E-state index in [0.717, 1.165) is 29.4 Å². The van der Waals surface area contributed by atoms with Crippen LogP contribution in [0.1, 0.15) is 67.8 Å². The highest BCUT2D eigenvalue weighted by molar-refractivity contribution is 5.73. The fraction of sp³-hybridized carbons (Fsp3) is 0.444. The number of pyridine rings is 1. The summed E-state index contributed by atoms with van der Waals surface area (Å²) in [6.45, 7) is 1.36. The van der Waals surface area contributed by atoms with E-state index >= 15 is 0 Å². The van der Waals surface area contributed by atoms with Gasteiger partial charge in [-0.3, -0.25) is 0 Å². The van der Waals surface area contributed by atoms with E-state index in [4.69, 9.17) is 4.74 Å². The van der Waals surface area contributed by atoms with Crippen LogP contribution in [0.2, 0.25) is 0 Å². The molecule has 4 aromatic heterocycles. The Kier molecular flexibility index (Phi) is 6.65. The van der Waals surface area contributed by atoms with Gasteiger partial charge in [-0.1, -0.05) is 0 Å². The number of hydrogen-bond donors (Lipinski definition) is 0. The van der Waals surface area contributed by atoms with Gasteiger partial charge in [0.2, 0.25) is 5.88 Å². The lowest BCUT2D eigenvalue weighted by Gasteiger charge is -2.29. The minimum atomic E-state index is -4.57. The molecule has 0 bridgehead atoms. The van der Waals surface area contributed by atoms with Crippen molar-refractivity contribution in [1.82, 2.24) is 34.3 Å². The molecule has 0 aromatic carbocycles. The van der Waals surface area contributed by atoms with Crippen LogP contribution in [0.4, 0.5) is 27.8 Å². The Morgan fingerprint density at radius 1 is 1.07 bits per heavy atom. The lowest BCUT2D eigenvalue weighted by atomic mass is 9.99. The van der Waals surface area contributed by atoms with Crippen molar-refractivity contribution >= 4 is 5.82 Å². The highest BCUT2D eigenvalue weighted by Crippen LogP contribution is 2.47. The summed E-state index contributed by atoms with van der Waals surface area (Å²) in [6, 6.07) is 3.12. The predicted octanol–water partition coefficient (Wildman–Crippen LogP) is 6.04. The van der Waals surface area contributed by atoms with Gasteiger partial charge in [0.05, 0.1) is 24.1 Å². The van der Waals surface area contributed by atoms with Crippen molar-refractivity contribution in [3.8, 4) is 28.5 Å². The third-order valence-electron chi connectivity index (χ3n) is 7.42. The van der Waals surface area contributed by atoms with Crippen LogP contribution in [-0.4, -0.2) is 47.9 Å². The summed E-state index contributed by atoms with van der Waals surface area (Å²) in [5.74, 6) is 1.19. The molecular formula is C27H27F5N8O. The molecule has 14 heteroatoms. The van der Waals surface area contributed by atoms with E-state index in [1.165, 1.54) is 24.2 Å². The zero-order valence-corrected chi connectivity index (χ0v) is 22.5. The molecule has 2 aliphatic rings. The molecule has 0 atom stereocenters. The molecule has 0 saturated heterocycles. The standard InChI is InChI=1S/C27H27F5N8O/c1-14(2)39-12-19(27(30,31)32)36-24(39)16-6-7-20(33-10-16)38-9-8-18-17(11-38)23(37-40(18)26(28)29)21-22(15-4-5-15)34-13-35-25(21)41-3/h6-7,10,12-15,26H,4-5,8-9,11H2,1-3H3. The van der Waals surface area contributed by atoms with E-state index in [1.807, 2.05) is 4.90 Å². The van der Waals surface area contributed by atoms with Crippen LogP contribution in [0, 0.1) is 0 Å². The summed E-state index contributed by atoms with van der Waals surface area (Å²) in [7, 11) is 1.47. The van der Waals surface area contributed by atoms with Gasteiger partial charge in [0.15, 0.2) is 5.69 Å². The second kappa shape index (κ2) is 10.1. The number of rotatable bonds is 7. The molecule has 0 spiro atoms. The molecule has 5 heterocycles. The Labute approximate surface area is 232 Å². The third kappa shape index (κ3) is 4.88. The Morgan fingerprint density at radius 2 is 1.85 bits per heavy atom.